The Morgan fingerprint density at radius 2 is 1.48 bits per heavy atom. The summed E-state index contributed by atoms with van der Waals surface area (Å²) in [6, 6.07) is 19.7. The topological polar surface area (TPSA) is 12.5 Å². The summed E-state index contributed by atoms with van der Waals surface area (Å²) in [5, 5.41) is 0. The number of halogens is 3. The molecule has 0 amide bonds. The zero-order valence-corrected chi connectivity index (χ0v) is 20.2. The molecule has 0 unspecified atom stereocenters. The highest BCUT2D eigenvalue weighted by molar-refractivity contribution is 9.10. The molecular weight excluding hydrogens is 484 g/mol. The predicted molar refractivity (Wildman–Crippen MR) is 131 cm³/mol. The highest BCUT2D eigenvalue weighted by Crippen LogP contribution is 2.42. The van der Waals surface area contributed by atoms with Gasteiger partial charge in [-0.15, -0.1) is 0 Å². The van der Waals surface area contributed by atoms with Crippen LogP contribution < -0.4 is 4.74 Å². The summed E-state index contributed by atoms with van der Waals surface area (Å²) in [5.41, 5.74) is 3.40. The summed E-state index contributed by atoms with van der Waals surface area (Å²) in [7, 11) is 0. The number of fused-ring (bicyclic) bond motifs is 1. The number of piperidine rings is 1. The fourth-order valence-electron chi connectivity index (χ4n) is 5.30. The lowest BCUT2D eigenvalue weighted by Crippen LogP contribution is -2.47. The molecule has 1 spiro atoms. The number of benzene rings is 3. The van der Waals surface area contributed by atoms with Gasteiger partial charge in [-0.05, 0) is 78.5 Å². The minimum Gasteiger partial charge on any atom is -0.487 e. The normalized spacial score (nSPS) is 17.3. The Kier molecular flexibility index (Phi) is 6.53. The van der Waals surface area contributed by atoms with Gasteiger partial charge in [0.25, 0.3) is 0 Å². The number of ether oxygens (including phenoxy) is 1. The van der Waals surface area contributed by atoms with Crippen LogP contribution in [0.15, 0.2) is 71.2 Å². The molecule has 3 aromatic carbocycles. The fourth-order valence-corrected chi connectivity index (χ4v) is 5.71. The van der Waals surface area contributed by atoms with Crippen molar-refractivity contribution in [1.29, 1.82) is 0 Å². The van der Waals surface area contributed by atoms with Crippen LogP contribution in [0.3, 0.4) is 0 Å². The van der Waals surface area contributed by atoms with Gasteiger partial charge in [-0.2, -0.15) is 0 Å². The second-order valence-electron chi connectivity index (χ2n) is 9.35. The minimum atomic E-state index is -0.234. The van der Waals surface area contributed by atoms with Crippen LogP contribution in [0.5, 0.6) is 5.75 Å². The van der Waals surface area contributed by atoms with Crippen molar-refractivity contribution in [3.8, 4) is 5.75 Å². The van der Waals surface area contributed by atoms with Gasteiger partial charge in [0.2, 0.25) is 0 Å². The van der Waals surface area contributed by atoms with Crippen molar-refractivity contribution in [3.63, 3.8) is 0 Å². The van der Waals surface area contributed by atoms with Crippen molar-refractivity contribution < 1.29 is 13.5 Å². The van der Waals surface area contributed by atoms with Crippen LogP contribution in [0, 0.1) is 11.6 Å². The van der Waals surface area contributed by atoms with Gasteiger partial charge in [-0.25, -0.2) is 8.78 Å². The van der Waals surface area contributed by atoms with E-state index in [4.69, 9.17) is 4.74 Å². The first-order valence-electron chi connectivity index (χ1n) is 11.7. The van der Waals surface area contributed by atoms with E-state index in [2.05, 4.69) is 33.0 Å². The molecule has 33 heavy (non-hydrogen) atoms. The maximum atomic E-state index is 13.5. The number of nitrogens with zero attached hydrogens (tertiary/aromatic N) is 1. The number of hydrogen-bond acceptors (Lipinski definition) is 2. The van der Waals surface area contributed by atoms with E-state index in [0.29, 0.717) is 0 Å². The SMILES string of the molecule is Fc1ccc(C(CCCN2CCC3(CC2)Cc2cc(Br)ccc2O3)c2ccc(F)cc2)cc1. The Morgan fingerprint density at radius 3 is 2.09 bits per heavy atom. The van der Waals surface area contributed by atoms with Crippen molar-refractivity contribution in [1.82, 2.24) is 4.90 Å². The summed E-state index contributed by atoms with van der Waals surface area (Å²) in [6.07, 6.45) is 5.04. The van der Waals surface area contributed by atoms with Crippen LogP contribution in [0.1, 0.15) is 48.3 Å². The number of rotatable bonds is 6. The lowest BCUT2D eigenvalue weighted by molar-refractivity contribution is 0.0190. The van der Waals surface area contributed by atoms with Crippen LogP contribution in [0.25, 0.3) is 0 Å². The molecular formula is C28H28BrF2NO. The molecule has 2 aliphatic rings. The van der Waals surface area contributed by atoms with Crippen molar-refractivity contribution in [2.75, 3.05) is 19.6 Å². The summed E-state index contributed by atoms with van der Waals surface area (Å²) >= 11 is 3.57. The van der Waals surface area contributed by atoms with Crippen LogP contribution in [0.2, 0.25) is 0 Å². The summed E-state index contributed by atoms with van der Waals surface area (Å²) in [4.78, 5) is 2.53. The third-order valence-corrected chi connectivity index (χ3v) is 7.63. The van der Waals surface area contributed by atoms with E-state index in [9.17, 15) is 8.78 Å². The average molecular weight is 512 g/mol. The van der Waals surface area contributed by atoms with Gasteiger partial charge in [0, 0.05) is 42.7 Å². The molecule has 0 bridgehead atoms. The predicted octanol–water partition coefficient (Wildman–Crippen LogP) is 7.11. The molecule has 0 radical (unpaired) electrons. The monoisotopic (exact) mass is 511 g/mol. The molecule has 0 atom stereocenters. The van der Waals surface area contributed by atoms with Crippen molar-refractivity contribution in [3.05, 3.63) is 99.5 Å². The van der Waals surface area contributed by atoms with E-state index >= 15 is 0 Å². The van der Waals surface area contributed by atoms with Gasteiger partial charge in [-0.3, -0.25) is 0 Å². The smallest absolute Gasteiger partial charge is 0.123 e. The van der Waals surface area contributed by atoms with Gasteiger partial charge in [0.1, 0.15) is 23.0 Å². The zero-order chi connectivity index (χ0) is 22.8. The molecule has 1 saturated heterocycles. The van der Waals surface area contributed by atoms with Crippen LogP contribution >= 0.6 is 15.9 Å². The summed E-state index contributed by atoms with van der Waals surface area (Å²) < 4.78 is 34.4. The second-order valence-corrected chi connectivity index (χ2v) is 10.3. The quantitative estimate of drug-likeness (QED) is 0.349. The van der Waals surface area contributed by atoms with E-state index in [1.165, 1.54) is 29.8 Å². The summed E-state index contributed by atoms with van der Waals surface area (Å²) in [5.74, 6) is 0.700. The standard InChI is InChI=1S/C28H28BrF2NO/c29-23-7-12-27-22(18-23)19-28(33-27)13-16-32(17-14-28)15-1-2-26(20-3-8-24(30)9-4-20)21-5-10-25(31)11-6-21/h3-12,18,26H,1-2,13-17,19H2. The highest BCUT2D eigenvalue weighted by Gasteiger charge is 2.41. The van der Waals surface area contributed by atoms with E-state index in [1.54, 1.807) is 0 Å². The zero-order valence-electron chi connectivity index (χ0n) is 18.6. The van der Waals surface area contributed by atoms with Gasteiger partial charge in [0.15, 0.2) is 0 Å². The van der Waals surface area contributed by atoms with Gasteiger partial charge >= 0.3 is 0 Å². The number of likely N-dealkylation sites (tertiary alicyclic amines) is 1. The molecule has 0 aromatic heterocycles. The maximum absolute atomic E-state index is 13.5. The molecule has 2 nitrogen and oxygen atoms in total. The van der Waals surface area contributed by atoms with Gasteiger partial charge in [-0.1, -0.05) is 40.2 Å². The molecule has 2 aliphatic heterocycles. The van der Waals surface area contributed by atoms with Gasteiger partial charge < -0.3 is 9.64 Å². The first kappa shape index (κ1) is 22.5. The fraction of sp³-hybridized carbons (Fsp3) is 0.357. The van der Waals surface area contributed by atoms with Crippen molar-refractivity contribution in [2.24, 2.45) is 0 Å². The van der Waals surface area contributed by atoms with E-state index in [0.717, 1.165) is 73.1 Å². The number of hydrogen-bond donors (Lipinski definition) is 0. The van der Waals surface area contributed by atoms with Crippen LogP contribution in [-0.4, -0.2) is 30.1 Å². The molecule has 5 heteroatoms. The molecule has 0 aliphatic carbocycles. The van der Waals surface area contributed by atoms with E-state index < -0.39 is 0 Å². The van der Waals surface area contributed by atoms with Crippen LogP contribution in [-0.2, 0) is 6.42 Å². The lowest BCUT2D eigenvalue weighted by atomic mass is 9.86. The van der Waals surface area contributed by atoms with Crippen LogP contribution in [0.4, 0.5) is 8.78 Å². The third-order valence-electron chi connectivity index (χ3n) is 7.14. The van der Waals surface area contributed by atoms with E-state index in [1.807, 2.05) is 30.3 Å². The van der Waals surface area contributed by atoms with E-state index in [-0.39, 0.29) is 23.2 Å². The Hall–Kier alpha value is -2.24. The lowest BCUT2D eigenvalue weighted by Gasteiger charge is -2.38. The Labute approximate surface area is 202 Å². The van der Waals surface area contributed by atoms with Crippen molar-refractivity contribution in [2.45, 2.75) is 43.6 Å². The Morgan fingerprint density at radius 1 is 0.879 bits per heavy atom. The molecule has 0 saturated carbocycles. The highest BCUT2D eigenvalue weighted by atomic mass is 79.9. The minimum absolute atomic E-state index is 0.0512. The second kappa shape index (κ2) is 9.55. The average Bonchev–Trinajstić information content (AvgIpc) is 3.16. The first-order valence-corrected chi connectivity index (χ1v) is 12.5. The molecule has 5 rings (SSSR count). The van der Waals surface area contributed by atoms with Crippen molar-refractivity contribution >= 4 is 15.9 Å². The molecule has 2 heterocycles. The molecule has 172 valence electrons. The molecule has 3 aromatic rings. The molecule has 0 N–H and O–H groups in total. The maximum Gasteiger partial charge on any atom is 0.123 e. The van der Waals surface area contributed by atoms with Gasteiger partial charge in [0.05, 0.1) is 0 Å². The largest absolute Gasteiger partial charge is 0.487 e. The summed E-state index contributed by atoms with van der Waals surface area (Å²) in [6.45, 7) is 3.09. The Balaban J connectivity index is 1.18. The molecule has 1 fully saturated rings. The Bertz CT molecular complexity index is 1050. The third kappa shape index (κ3) is 5.15. The first-order chi connectivity index (χ1) is 16.0.